The number of aliphatic hydroxyl groups excluding tert-OH is 1. The van der Waals surface area contributed by atoms with E-state index < -0.39 is 34.8 Å². The van der Waals surface area contributed by atoms with Gasteiger partial charge in [-0.25, -0.2) is 4.79 Å². The fourth-order valence-electron chi connectivity index (χ4n) is 7.41. The van der Waals surface area contributed by atoms with Crippen LogP contribution in [0.25, 0.3) is 0 Å². The number of carbonyl (C=O) groups is 1. The summed E-state index contributed by atoms with van der Waals surface area (Å²) < 4.78 is 24.1. The second-order valence-corrected chi connectivity index (χ2v) is 13.1. The van der Waals surface area contributed by atoms with E-state index in [1.54, 1.807) is 0 Å². The van der Waals surface area contributed by atoms with Crippen molar-refractivity contribution in [1.82, 2.24) is 0 Å². The normalized spacial score (nSPS) is 45.1. The molecular weight excluding hydrogens is 472 g/mol. The van der Waals surface area contributed by atoms with E-state index in [0.717, 1.165) is 25.7 Å². The summed E-state index contributed by atoms with van der Waals surface area (Å²) in [7, 11) is 0. The first-order valence-corrected chi connectivity index (χ1v) is 13.9. The van der Waals surface area contributed by atoms with Gasteiger partial charge in [-0.15, -0.1) is 0 Å². The minimum Gasteiger partial charge on any atom is -0.459 e. The van der Waals surface area contributed by atoms with Gasteiger partial charge in [0.15, 0.2) is 5.79 Å². The van der Waals surface area contributed by atoms with Crippen molar-refractivity contribution >= 4 is 5.97 Å². The van der Waals surface area contributed by atoms with Gasteiger partial charge in [-0.2, -0.15) is 0 Å². The molecule has 1 aliphatic carbocycles. The van der Waals surface area contributed by atoms with E-state index in [4.69, 9.17) is 18.9 Å². The summed E-state index contributed by atoms with van der Waals surface area (Å²) in [6, 6.07) is 0. The highest BCUT2D eigenvalue weighted by Crippen LogP contribution is 2.59. The maximum atomic E-state index is 11.9. The molecule has 6 unspecified atom stereocenters. The Hall–Kier alpha value is -1.51. The van der Waals surface area contributed by atoms with Crippen LogP contribution in [0.4, 0.5) is 0 Å². The molecule has 0 amide bonds. The molecule has 7 nitrogen and oxygen atoms in total. The fourth-order valence-corrected chi connectivity index (χ4v) is 7.41. The zero-order valence-corrected chi connectivity index (χ0v) is 23.1. The molecule has 5 heterocycles. The third-order valence-electron chi connectivity index (χ3n) is 10.3. The first-order chi connectivity index (χ1) is 17.2. The first kappa shape index (κ1) is 27.1. The van der Waals surface area contributed by atoms with Crippen LogP contribution in [0.3, 0.4) is 0 Å². The average molecular weight is 517 g/mol. The van der Waals surface area contributed by atoms with Crippen molar-refractivity contribution in [2.75, 3.05) is 13.2 Å². The van der Waals surface area contributed by atoms with E-state index in [2.05, 4.69) is 33.4 Å². The number of hydrogen-bond acceptors (Lipinski definition) is 7. The van der Waals surface area contributed by atoms with Gasteiger partial charge in [0.2, 0.25) is 5.79 Å². The van der Waals surface area contributed by atoms with Crippen molar-refractivity contribution in [2.24, 2.45) is 17.3 Å². The van der Waals surface area contributed by atoms with Crippen LogP contribution in [0.15, 0.2) is 35.5 Å². The summed E-state index contributed by atoms with van der Waals surface area (Å²) in [6.07, 6.45) is 9.82. The van der Waals surface area contributed by atoms with E-state index in [9.17, 15) is 15.0 Å². The van der Waals surface area contributed by atoms with Crippen LogP contribution in [0, 0.1) is 17.3 Å². The van der Waals surface area contributed by atoms with Gasteiger partial charge in [0.1, 0.15) is 23.9 Å². The predicted molar refractivity (Wildman–Crippen MR) is 138 cm³/mol. The molecule has 0 aromatic heterocycles. The van der Waals surface area contributed by atoms with E-state index in [1.807, 2.05) is 19.9 Å². The zero-order valence-electron chi connectivity index (χ0n) is 23.1. The molecular formula is C30H44O7. The molecule has 0 aromatic carbocycles. The van der Waals surface area contributed by atoms with Crippen molar-refractivity contribution in [3.8, 4) is 0 Å². The van der Waals surface area contributed by atoms with E-state index in [1.165, 1.54) is 11.1 Å². The Balaban J connectivity index is 1.24. The molecule has 0 radical (unpaired) electrons. The van der Waals surface area contributed by atoms with Gasteiger partial charge in [0.25, 0.3) is 0 Å². The molecule has 2 N–H and O–H groups in total. The lowest BCUT2D eigenvalue weighted by molar-refractivity contribution is -0.518. The highest BCUT2D eigenvalue weighted by Gasteiger charge is 2.70. The molecule has 7 heteroatoms. The molecule has 206 valence electrons. The van der Waals surface area contributed by atoms with Crippen LogP contribution in [0.2, 0.25) is 0 Å². The van der Waals surface area contributed by atoms with E-state index in [-0.39, 0.29) is 17.9 Å². The van der Waals surface area contributed by atoms with Crippen molar-refractivity contribution in [3.63, 3.8) is 0 Å². The van der Waals surface area contributed by atoms with E-state index in [0.29, 0.717) is 43.8 Å². The van der Waals surface area contributed by atoms with Crippen molar-refractivity contribution in [1.29, 1.82) is 0 Å². The van der Waals surface area contributed by atoms with Gasteiger partial charge in [0.05, 0.1) is 12.2 Å². The lowest BCUT2D eigenvalue weighted by Gasteiger charge is -2.66. The predicted octanol–water partition coefficient (Wildman–Crippen LogP) is 4.72. The summed E-state index contributed by atoms with van der Waals surface area (Å²) in [5.74, 6) is -1.96. The maximum absolute atomic E-state index is 11.9. The van der Waals surface area contributed by atoms with Crippen LogP contribution in [-0.2, 0) is 23.7 Å². The maximum Gasteiger partial charge on any atom is 0.336 e. The van der Waals surface area contributed by atoms with Gasteiger partial charge in [-0.1, -0.05) is 38.2 Å². The average Bonchev–Trinajstić information content (AvgIpc) is 3.13. The molecule has 6 atom stereocenters. The number of rotatable bonds is 4. The molecule has 1 saturated carbocycles. The van der Waals surface area contributed by atoms with Crippen LogP contribution < -0.4 is 0 Å². The molecule has 2 bridgehead atoms. The van der Waals surface area contributed by atoms with Gasteiger partial charge in [-0.3, -0.25) is 0 Å². The largest absolute Gasteiger partial charge is 0.459 e. The highest BCUT2D eigenvalue weighted by atomic mass is 16.8. The third-order valence-corrected chi connectivity index (χ3v) is 10.3. The summed E-state index contributed by atoms with van der Waals surface area (Å²) in [5.41, 5.74) is 1.50. The standard InChI is InChI=1S/C30H44O7/c1-19-7-9-21(26(2,3)23(19)12-11-22-24(31)18-34-25(22)32)10-8-20-13-14-30(35-17-20)28(6)15-16-29(33,37-30)27(4,5)36-28/h8,11,21,23-24,31,33H,1,7,9-10,12-18H2,2-6H3. The monoisotopic (exact) mass is 516 g/mol. The third kappa shape index (κ3) is 4.35. The quantitative estimate of drug-likeness (QED) is 0.317. The number of ether oxygens (including phenoxy) is 4. The Morgan fingerprint density at radius 3 is 2.41 bits per heavy atom. The lowest BCUT2D eigenvalue weighted by Crippen LogP contribution is -2.78. The van der Waals surface area contributed by atoms with Crippen molar-refractivity contribution in [3.05, 3.63) is 35.5 Å². The molecule has 0 aromatic rings. The Kier molecular flexibility index (Phi) is 6.60. The number of hydrogen-bond donors (Lipinski definition) is 2. The minimum atomic E-state index is -1.34. The smallest absolute Gasteiger partial charge is 0.336 e. The SMILES string of the molecule is C=C1CCC(CC=C2CCC3(OC2)OC2(O)CCC3(C)OC2(C)C)C(C)(C)C1CC=C1C(=O)OCC1O. The summed E-state index contributed by atoms with van der Waals surface area (Å²) in [5, 5.41) is 21.2. The molecule has 6 aliphatic rings. The Morgan fingerprint density at radius 2 is 1.78 bits per heavy atom. The molecule has 6 rings (SSSR count). The van der Waals surface area contributed by atoms with Crippen LogP contribution in [0.5, 0.6) is 0 Å². The molecule has 1 spiro atoms. The molecule has 37 heavy (non-hydrogen) atoms. The molecule has 5 aliphatic heterocycles. The van der Waals surface area contributed by atoms with Gasteiger partial charge in [0, 0.05) is 12.8 Å². The number of carbonyl (C=O) groups excluding carboxylic acids is 1. The lowest BCUT2D eigenvalue weighted by atomic mass is 9.58. The van der Waals surface area contributed by atoms with Crippen molar-refractivity contribution < 1.29 is 34.0 Å². The summed E-state index contributed by atoms with van der Waals surface area (Å²) in [4.78, 5) is 11.9. The second kappa shape index (κ2) is 9.02. The zero-order chi connectivity index (χ0) is 26.9. The topological polar surface area (TPSA) is 94.5 Å². The molecule has 6 fully saturated rings. The Morgan fingerprint density at radius 1 is 1.03 bits per heavy atom. The Labute approximate surface area is 220 Å². The van der Waals surface area contributed by atoms with Crippen LogP contribution in [-0.4, -0.2) is 58.3 Å². The van der Waals surface area contributed by atoms with Gasteiger partial charge < -0.3 is 29.2 Å². The summed E-state index contributed by atoms with van der Waals surface area (Å²) >= 11 is 0. The van der Waals surface area contributed by atoms with Crippen molar-refractivity contribution in [2.45, 2.75) is 115 Å². The number of allylic oxidation sites excluding steroid dienone is 3. The number of fused-ring (bicyclic) bond motifs is 2. The van der Waals surface area contributed by atoms with Crippen LogP contribution in [0.1, 0.15) is 86.0 Å². The number of cyclic esters (lactones) is 1. The number of esters is 1. The second-order valence-electron chi connectivity index (χ2n) is 13.1. The van der Waals surface area contributed by atoms with Crippen LogP contribution >= 0.6 is 0 Å². The Bertz CT molecular complexity index is 1010. The van der Waals surface area contributed by atoms with Gasteiger partial charge in [-0.05, 0) is 82.1 Å². The first-order valence-electron chi connectivity index (χ1n) is 13.9. The molecule has 5 saturated heterocycles. The van der Waals surface area contributed by atoms with Gasteiger partial charge >= 0.3 is 5.97 Å². The number of aliphatic hydroxyl groups is 2. The fraction of sp³-hybridized carbons (Fsp3) is 0.767. The minimum absolute atomic E-state index is 0.00450. The van der Waals surface area contributed by atoms with E-state index >= 15 is 0 Å². The highest BCUT2D eigenvalue weighted by molar-refractivity contribution is 5.91. The summed E-state index contributed by atoms with van der Waals surface area (Å²) in [6.45, 7) is 15.3.